The molecule has 2 N–H and O–H groups in total. The van der Waals surface area contributed by atoms with E-state index in [2.05, 4.69) is 10.6 Å². The second kappa shape index (κ2) is 6.61. The molecule has 0 aliphatic carbocycles. The van der Waals surface area contributed by atoms with Crippen LogP contribution in [0.3, 0.4) is 0 Å². The average molecular weight is 240 g/mol. The average Bonchev–Trinajstić information content (AvgIpc) is 2.88. The van der Waals surface area contributed by atoms with Crippen molar-refractivity contribution in [3.8, 4) is 0 Å². The Kier molecular flexibility index (Phi) is 4.82. The molecule has 2 aliphatic heterocycles. The fourth-order valence-electron chi connectivity index (χ4n) is 2.01. The monoisotopic (exact) mass is 240 g/mol. The minimum atomic E-state index is -0.153. The third kappa shape index (κ3) is 4.36. The molecule has 2 aliphatic rings. The molecule has 0 bridgehead atoms. The first-order valence-electron chi connectivity index (χ1n) is 6.26. The van der Waals surface area contributed by atoms with Crippen molar-refractivity contribution in [2.24, 2.45) is 0 Å². The highest BCUT2D eigenvalue weighted by molar-refractivity contribution is 5.74. The van der Waals surface area contributed by atoms with E-state index in [1.54, 1.807) is 6.20 Å². The Hall–Kier alpha value is -1.07. The summed E-state index contributed by atoms with van der Waals surface area (Å²) in [5.41, 5.74) is 1.24. The summed E-state index contributed by atoms with van der Waals surface area (Å²) >= 11 is 0. The molecule has 2 fully saturated rings. The van der Waals surface area contributed by atoms with Crippen LogP contribution in [0.25, 0.3) is 0 Å². The van der Waals surface area contributed by atoms with Crippen molar-refractivity contribution in [2.75, 3.05) is 26.4 Å². The van der Waals surface area contributed by atoms with Gasteiger partial charge in [-0.1, -0.05) is 0 Å². The number of nitrogens with one attached hydrogen (secondary N) is 2. The molecule has 0 aromatic heterocycles. The second-order valence-corrected chi connectivity index (χ2v) is 4.40. The number of carbonyl (C=O) groups excluding carboxylic acids is 1. The molecule has 0 spiro atoms. The predicted molar refractivity (Wildman–Crippen MR) is 63.6 cm³/mol. The van der Waals surface area contributed by atoms with Crippen LogP contribution in [0.2, 0.25) is 0 Å². The van der Waals surface area contributed by atoms with Gasteiger partial charge in [-0.3, -0.25) is 0 Å². The van der Waals surface area contributed by atoms with Crippen molar-refractivity contribution < 1.29 is 14.3 Å². The molecule has 0 aromatic carbocycles. The van der Waals surface area contributed by atoms with Gasteiger partial charge in [-0.15, -0.1) is 0 Å². The first-order chi connectivity index (χ1) is 8.34. The van der Waals surface area contributed by atoms with Gasteiger partial charge in [0.1, 0.15) is 0 Å². The normalized spacial score (nSPS) is 24.5. The Bertz CT molecular complexity index is 277. The summed E-state index contributed by atoms with van der Waals surface area (Å²) in [6, 6.07) is -0.153. The van der Waals surface area contributed by atoms with Crippen molar-refractivity contribution in [1.82, 2.24) is 10.6 Å². The van der Waals surface area contributed by atoms with Gasteiger partial charge in [0, 0.05) is 19.4 Å². The van der Waals surface area contributed by atoms with E-state index in [-0.39, 0.29) is 12.1 Å². The van der Waals surface area contributed by atoms with Crippen LogP contribution in [-0.2, 0) is 9.47 Å². The Labute approximate surface area is 102 Å². The fraction of sp³-hybridized carbons (Fsp3) is 0.750. The molecule has 0 aromatic rings. The standard InChI is InChI=1S/C12H20N2O3/c15-12(14-9-11-2-1-5-17-11)13-8-10-3-6-16-7-4-10/h8,11H,1-7,9H2,(H2,13,14,15). The van der Waals surface area contributed by atoms with Gasteiger partial charge in [0.05, 0.1) is 19.3 Å². The van der Waals surface area contributed by atoms with E-state index in [9.17, 15) is 4.79 Å². The maximum absolute atomic E-state index is 11.5. The molecular weight excluding hydrogens is 220 g/mol. The van der Waals surface area contributed by atoms with Gasteiger partial charge in [0.15, 0.2) is 0 Å². The van der Waals surface area contributed by atoms with Crippen LogP contribution in [0.5, 0.6) is 0 Å². The highest BCUT2D eigenvalue weighted by Crippen LogP contribution is 2.12. The molecule has 17 heavy (non-hydrogen) atoms. The lowest BCUT2D eigenvalue weighted by atomic mass is 10.1. The molecule has 2 saturated heterocycles. The van der Waals surface area contributed by atoms with Crippen molar-refractivity contribution >= 4 is 6.03 Å². The first-order valence-corrected chi connectivity index (χ1v) is 6.26. The number of hydrogen-bond acceptors (Lipinski definition) is 3. The topological polar surface area (TPSA) is 59.6 Å². The van der Waals surface area contributed by atoms with Crippen LogP contribution in [0.4, 0.5) is 4.79 Å². The van der Waals surface area contributed by atoms with Crippen LogP contribution >= 0.6 is 0 Å². The van der Waals surface area contributed by atoms with Crippen LogP contribution < -0.4 is 10.6 Å². The van der Waals surface area contributed by atoms with Crippen molar-refractivity contribution in [1.29, 1.82) is 0 Å². The van der Waals surface area contributed by atoms with Gasteiger partial charge in [0.25, 0.3) is 0 Å². The molecule has 5 heteroatoms. The van der Waals surface area contributed by atoms with Crippen LogP contribution in [0, 0.1) is 0 Å². The fourth-order valence-corrected chi connectivity index (χ4v) is 2.01. The number of carbonyl (C=O) groups is 1. The van der Waals surface area contributed by atoms with Gasteiger partial charge < -0.3 is 20.1 Å². The third-order valence-corrected chi connectivity index (χ3v) is 3.06. The minimum Gasteiger partial charge on any atom is -0.381 e. The molecule has 0 radical (unpaired) electrons. The highest BCUT2D eigenvalue weighted by Gasteiger charge is 2.15. The zero-order chi connectivity index (χ0) is 11.9. The lowest BCUT2D eigenvalue weighted by Crippen LogP contribution is -2.37. The quantitative estimate of drug-likeness (QED) is 0.778. The minimum absolute atomic E-state index is 0.153. The van der Waals surface area contributed by atoms with Gasteiger partial charge in [-0.05, 0) is 31.3 Å². The van der Waals surface area contributed by atoms with Gasteiger partial charge in [-0.25, -0.2) is 4.79 Å². The Morgan fingerprint density at radius 1 is 1.35 bits per heavy atom. The van der Waals surface area contributed by atoms with Crippen LogP contribution in [0.1, 0.15) is 25.7 Å². The molecule has 2 heterocycles. The first kappa shape index (κ1) is 12.4. The van der Waals surface area contributed by atoms with Gasteiger partial charge in [-0.2, -0.15) is 0 Å². The summed E-state index contributed by atoms with van der Waals surface area (Å²) < 4.78 is 10.7. The summed E-state index contributed by atoms with van der Waals surface area (Å²) in [6.45, 7) is 2.92. The number of amides is 2. The molecule has 1 atom stereocenters. The zero-order valence-corrected chi connectivity index (χ0v) is 10.0. The van der Waals surface area contributed by atoms with Crippen molar-refractivity contribution in [3.05, 3.63) is 11.8 Å². The van der Waals surface area contributed by atoms with Crippen LogP contribution in [0.15, 0.2) is 11.8 Å². The van der Waals surface area contributed by atoms with Gasteiger partial charge in [0.2, 0.25) is 0 Å². The summed E-state index contributed by atoms with van der Waals surface area (Å²) in [6.07, 6.45) is 5.94. The highest BCUT2D eigenvalue weighted by atomic mass is 16.5. The third-order valence-electron chi connectivity index (χ3n) is 3.06. The second-order valence-electron chi connectivity index (χ2n) is 4.40. The lowest BCUT2D eigenvalue weighted by Gasteiger charge is -2.15. The van der Waals surface area contributed by atoms with E-state index in [1.807, 2.05) is 0 Å². The SMILES string of the molecule is O=C(NC=C1CCOCC1)NCC1CCCO1. The summed E-state index contributed by atoms with van der Waals surface area (Å²) in [7, 11) is 0. The number of rotatable bonds is 3. The number of hydrogen-bond donors (Lipinski definition) is 2. The maximum Gasteiger partial charge on any atom is 0.318 e. The smallest absolute Gasteiger partial charge is 0.318 e. The van der Waals surface area contributed by atoms with Crippen LogP contribution in [-0.4, -0.2) is 38.5 Å². The number of ether oxygens (including phenoxy) is 2. The Morgan fingerprint density at radius 2 is 2.18 bits per heavy atom. The van der Waals surface area contributed by atoms with Crippen molar-refractivity contribution in [2.45, 2.75) is 31.8 Å². The maximum atomic E-state index is 11.5. The molecule has 0 saturated carbocycles. The van der Waals surface area contributed by atoms with Crippen molar-refractivity contribution in [3.63, 3.8) is 0 Å². The summed E-state index contributed by atoms with van der Waals surface area (Å²) in [5, 5.41) is 5.57. The molecular formula is C12H20N2O3. The summed E-state index contributed by atoms with van der Waals surface area (Å²) in [5.74, 6) is 0. The largest absolute Gasteiger partial charge is 0.381 e. The molecule has 2 amide bonds. The molecule has 1 unspecified atom stereocenters. The van der Waals surface area contributed by atoms with Gasteiger partial charge >= 0.3 is 6.03 Å². The van der Waals surface area contributed by atoms with E-state index < -0.39 is 0 Å². The molecule has 5 nitrogen and oxygen atoms in total. The zero-order valence-electron chi connectivity index (χ0n) is 10.0. The van der Waals surface area contributed by atoms with E-state index >= 15 is 0 Å². The van der Waals surface area contributed by atoms with E-state index in [0.717, 1.165) is 45.5 Å². The lowest BCUT2D eigenvalue weighted by molar-refractivity contribution is 0.111. The predicted octanol–water partition coefficient (Wildman–Crippen LogP) is 1.16. The molecule has 96 valence electrons. The number of urea groups is 1. The summed E-state index contributed by atoms with van der Waals surface area (Å²) in [4.78, 5) is 11.5. The molecule has 2 rings (SSSR count). The van der Waals surface area contributed by atoms with E-state index in [1.165, 1.54) is 5.57 Å². The van der Waals surface area contributed by atoms with E-state index in [4.69, 9.17) is 9.47 Å². The Balaban J connectivity index is 1.62. The van der Waals surface area contributed by atoms with E-state index in [0.29, 0.717) is 6.54 Å². The Morgan fingerprint density at radius 3 is 2.88 bits per heavy atom.